The molecule has 1 unspecified atom stereocenters. The molecule has 0 saturated carbocycles. The van der Waals surface area contributed by atoms with Gasteiger partial charge in [0, 0.05) is 5.39 Å². The summed E-state index contributed by atoms with van der Waals surface area (Å²) in [6.45, 7) is 5.93. The van der Waals surface area contributed by atoms with Crippen molar-refractivity contribution in [3.63, 3.8) is 0 Å². The van der Waals surface area contributed by atoms with Crippen molar-refractivity contribution in [3.05, 3.63) is 34.6 Å². The molecule has 2 aromatic rings. The number of benzene rings is 1. The van der Waals surface area contributed by atoms with E-state index in [1.165, 1.54) is 0 Å². The number of aromatic nitrogens is 2. The van der Waals surface area contributed by atoms with E-state index in [2.05, 4.69) is 15.5 Å². The molecule has 1 aromatic heterocycles. The zero-order valence-electron chi connectivity index (χ0n) is 12.3. The van der Waals surface area contributed by atoms with Crippen LogP contribution in [-0.4, -0.2) is 27.3 Å². The van der Waals surface area contributed by atoms with Crippen LogP contribution in [0.2, 0.25) is 0 Å². The second-order valence-corrected chi connectivity index (χ2v) is 6.25. The molecule has 0 aliphatic carbocycles. The molecule has 2 rings (SSSR count). The molecular weight excluding hydrogens is 270 g/mol. The Balaban J connectivity index is 2.40. The van der Waals surface area contributed by atoms with E-state index in [1.807, 2.05) is 20.8 Å². The standard InChI is InChI=1S/C15H19N3O3/c1-15(2,3)8-11(14(20)21)16-12-9-6-4-5-7-10(9)13(19)18-17-12/h4-7,11H,8H2,1-3H3,(H,16,17)(H,18,19)(H,20,21). The van der Waals surface area contributed by atoms with E-state index in [4.69, 9.17) is 0 Å². The molecule has 0 aliphatic rings. The largest absolute Gasteiger partial charge is 0.480 e. The molecule has 1 atom stereocenters. The van der Waals surface area contributed by atoms with Crippen LogP contribution in [0.25, 0.3) is 10.8 Å². The van der Waals surface area contributed by atoms with Gasteiger partial charge in [0.2, 0.25) is 0 Å². The van der Waals surface area contributed by atoms with Crippen LogP contribution in [0.15, 0.2) is 29.1 Å². The Morgan fingerprint density at radius 3 is 2.52 bits per heavy atom. The van der Waals surface area contributed by atoms with Crippen LogP contribution < -0.4 is 10.9 Å². The van der Waals surface area contributed by atoms with E-state index in [0.29, 0.717) is 23.0 Å². The zero-order chi connectivity index (χ0) is 15.6. The summed E-state index contributed by atoms with van der Waals surface area (Å²) >= 11 is 0. The monoisotopic (exact) mass is 289 g/mol. The van der Waals surface area contributed by atoms with Crippen molar-refractivity contribution < 1.29 is 9.90 Å². The van der Waals surface area contributed by atoms with Crippen molar-refractivity contribution in [1.29, 1.82) is 0 Å². The van der Waals surface area contributed by atoms with Crippen LogP contribution in [0, 0.1) is 5.41 Å². The maximum absolute atomic E-state index is 11.7. The molecule has 0 fully saturated rings. The van der Waals surface area contributed by atoms with E-state index in [1.54, 1.807) is 24.3 Å². The van der Waals surface area contributed by atoms with Crippen molar-refractivity contribution in [2.45, 2.75) is 33.2 Å². The Bertz CT molecular complexity index is 716. The first-order valence-corrected chi connectivity index (χ1v) is 6.75. The number of H-pyrrole nitrogens is 1. The molecule has 0 radical (unpaired) electrons. The number of carboxylic acid groups (broad SMARTS) is 1. The summed E-state index contributed by atoms with van der Waals surface area (Å²) < 4.78 is 0. The summed E-state index contributed by atoms with van der Waals surface area (Å²) in [6, 6.07) is 6.20. The molecule has 3 N–H and O–H groups in total. The van der Waals surface area contributed by atoms with Crippen molar-refractivity contribution in [1.82, 2.24) is 10.2 Å². The fourth-order valence-electron chi connectivity index (χ4n) is 2.20. The quantitative estimate of drug-likeness (QED) is 0.802. The topological polar surface area (TPSA) is 95.1 Å². The Labute approximate surface area is 122 Å². The number of carbonyl (C=O) groups is 1. The number of hydrogen-bond acceptors (Lipinski definition) is 4. The maximum Gasteiger partial charge on any atom is 0.326 e. The van der Waals surface area contributed by atoms with Gasteiger partial charge in [-0.15, -0.1) is 0 Å². The number of aromatic amines is 1. The highest BCUT2D eigenvalue weighted by Gasteiger charge is 2.25. The van der Waals surface area contributed by atoms with Gasteiger partial charge in [0.15, 0.2) is 5.82 Å². The highest BCUT2D eigenvalue weighted by molar-refractivity contribution is 5.92. The molecule has 1 heterocycles. The average Bonchev–Trinajstić information content (AvgIpc) is 2.40. The first-order chi connectivity index (χ1) is 9.78. The number of nitrogens with one attached hydrogen (secondary N) is 2. The summed E-state index contributed by atoms with van der Waals surface area (Å²) in [5, 5.41) is 19.7. The van der Waals surface area contributed by atoms with Gasteiger partial charge in [-0.1, -0.05) is 39.0 Å². The van der Waals surface area contributed by atoms with Crippen LogP contribution in [0.3, 0.4) is 0 Å². The molecule has 0 bridgehead atoms. The van der Waals surface area contributed by atoms with Crippen LogP contribution >= 0.6 is 0 Å². The lowest BCUT2D eigenvalue weighted by Gasteiger charge is -2.24. The highest BCUT2D eigenvalue weighted by atomic mass is 16.4. The van der Waals surface area contributed by atoms with Gasteiger partial charge in [-0.05, 0) is 17.9 Å². The van der Waals surface area contributed by atoms with Gasteiger partial charge in [-0.3, -0.25) is 4.79 Å². The lowest BCUT2D eigenvalue weighted by Crippen LogP contribution is -2.34. The lowest BCUT2D eigenvalue weighted by molar-refractivity contribution is -0.138. The van der Waals surface area contributed by atoms with E-state index in [0.717, 1.165) is 0 Å². The van der Waals surface area contributed by atoms with Crippen LogP contribution in [0.1, 0.15) is 27.2 Å². The van der Waals surface area contributed by atoms with Gasteiger partial charge in [-0.2, -0.15) is 5.10 Å². The van der Waals surface area contributed by atoms with Gasteiger partial charge in [0.05, 0.1) is 5.39 Å². The molecule has 0 aliphatic heterocycles. The second-order valence-electron chi connectivity index (χ2n) is 6.25. The summed E-state index contributed by atoms with van der Waals surface area (Å²) in [4.78, 5) is 23.1. The highest BCUT2D eigenvalue weighted by Crippen LogP contribution is 2.24. The average molecular weight is 289 g/mol. The summed E-state index contributed by atoms with van der Waals surface area (Å²) in [7, 11) is 0. The minimum atomic E-state index is -0.943. The van der Waals surface area contributed by atoms with Gasteiger partial charge in [0.1, 0.15) is 6.04 Å². The summed E-state index contributed by atoms with van der Waals surface area (Å²) in [5.41, 5.74) is -0.438. The Morgan fingerprint density at radius 1 is 1.33 bits per heavy atom. The predicted molar refractivity (Wildman–Crippen MR) is 81.5 cm³/mol. The van der Waals surface area contributed by atoms with E-state index in [9.17, 15) is 14.7 Å². The number of aliphatic carboxylic acids is 1. The van der Waals surface area contributed by atoms with Crippen molar-refractivity contribution in [2.75, 3.05) is 5.32 Å². The number of carboxylic acids is 1. The fraction of sp³-hybridized carbons (Fsp3) is 0.400. The Kier molecular flexibility index (Phi) is 3.97. The third-order valence-corrected chi connectivity index (χ3v) is 3.12. The van der Waals surface area contributed by atoms with Crippen LogP contribution in [0.4, 0.5) is 5.82 Å². The normalized spacial score (nSPS) is 13.1. The third-order valence-electron chi connectivity index (χ3n) is 3.12. The van der Waals surface area contributed by atoms with Crippen molar-refractivity contribution in [2.24, 2.45) is 5.41 Å². The fourth-order valence-corrected chi connectivity index (χ4v) is 2.20. The van der Waals surface area contributed by atoms with Crippen molar-refractivity contribution >= 4 is 22.6 Å². The molecule has 0 spiro atoms. The second kappa shape index (κ2) is 5.55. The molecule has 6 nitrogen and oxygen atoms in total. The SMILES string of the molecule is CC(C)(C)CC(Nc1n[nH]c(=O)c2ccccc12)C(=O)O. The number of nitrogens with zero attached hydrogens (tertiary/aromatic N) is 1. The first-order valence-electron chi connectivity index (χ1n) is 6.75. The van der Waals surface area contributed by atoms with E-state index in [-0.39, 0.29) is 11.0 Å². The zero-order valence-corrected chi connectivity index (χ0v) is 12.3. The van der Waals surface area contributed by atoms with Gasteiger partial charge >= 0.3 is 5.97 Å². The van der Waals surface area contributed by atoms with Gasteiger partial charge in [-0.25, -0.2) is 9.89 Å². The smallest absolute Gasteiger partial charge is 0.326 e. The minimum absolute atomic E-state index is 0.145. The first kappa shape index (κ1) is 15.0. The summed E-state index contributed by atoms with van der Waals surface area (Å²) in [5.74, 6) is -0.566. The molecule has 6 heteroatoms. The summed E-state index contributed by atoms with van der Waals surface area (Å²) in [6.07, 6.45) is 0.442. The Hall–Kier alpha value is -2.37. The predicted octanol–water partition coefficient (Wildman–Crippen LogP) is 2.22. The van der Waals surface area contributed by atoms with Crippen molar-refractivity contribution in [3.8, 4) is 0 Å². The maximum atomic E-state index is 11.7. The molecule has 0 amide bonds. The minimum Gasteiger partial charge on any atom is -0.480 e. The molecule has 112 valence electrons. The van der Waals surface area contributed by atoms with Crippen LogP contribution in [-0.2, 0) is 4.79 Å². The molecule has 1 aromatic carbocycles. The van der Waals surface area contributed by atoms with Crippen LogP contribution in [0.5, 0.6) is 0 Å². The van der Waals surface area contributed by atoms with E-state index < -0.39 is 12.0 Å². The number of anilines is 1. The third kappa shape index (κ3) is 3.59. The lowest BCUT2D eigenvalue weighted by atomic mass is 9.88. The molecule has 21 heavy (non-hydrogen) atoms. The van der Waals surface area contributed by atoms with Gasteiger partial charge < -0.3 is 10.4 Å². The number of rotatable bonds is 4. The molecular formula is C15H19N3O3. The number of hydrogen-bond donors (Lipinski definition) is 3. The molecule has 0 saturated heterocycles. The Morgan fingerprint density at radius 2 is 1.95 bits per heavy atom. The van der Waals surface area contributed by atoms with Gasteiger partial charge in [0.25, 0.3) is 5.56 Å². The van der Waals surface area contributed by atoms with E-state index >= 15 is 0 Å². The number of fused-ring (bicyclic) bond motifs is 1.